The van der Waals surface area contributed by atoms with E-state index >= 15 is 0 Å². The summed E-state index contributed by atoms with van der Waals surface area (Å²) in [6.07, 6.45) is 9.28. The maximum absolute atomic E-state index is 12.1. The van der Waals surface area contributed by atoms with Gasteiger partial charge in [0, 0.05) is 17.2 Å². The molecule has 0 radical (unpaired) electrons. The maximum Gasteiger partial charge on any atom is 0.255 e. The standard InChI is InChI=1S/C14H21BrN4O/c15-11-8-12(13(19-16)18-9-11)14(20)17-7-3-6-10-4-1-2-5-10/h8-10H,1-7,16H2,(H,17,20)(H,18,19). The van der Waals surface area contributed by atoms with Crippen LogP contribution in [0, 0.1) is 5.92 Å². The van der Waals surface area contributed by atoms with Gasteiger partial charge in [-0.25, -0.2) is 10.8 Å². The lowest BCUT2D eigenvalue weighted by Gasteiger charge is -2.11. The fourth-order valence-corrected chi connectivity index (χ4v) is 3.05. The maximum atomic E-state index is 12.1. The number of nitrogen functional groups attached to an aromatic ring is 1. The number of carbonyl (C=O) groups is 1. The molecule has 1 aliphatic rings. The molecule has 0 aromatic carbocycles. The van der Waals surface area contributed by atoms with E-state index in [-0.39, 0.29) is 5.91 Å². The number of nitrogens with two attached hydrogens (primary N) is 1. The highest BCUT2D eigenvalue weighted by Gasteiger charge is 2.15. The van der Waals surface area contributed by atoms with Gasteiger partial charge in [-0.1, -0.05) is 25.7 Å². The van der Waals surface area contributed by atoms with Crippen LogP contribution < -0.4 is 16.6 Å². The topological polar surface area (TPSA) is 80.0 Å². The lowest BCUT2D eigenvalue weighted by molar-refractivity contribution is 0.0953. The fourth-order valence-electron chi connectivity index (χ4n) is 2.71. The third-order valence-corrected chi connectivity index (χ3v) is 4.22. The molecule has 0 aliphatic heterocycles. The van der Waals surface area contributed by atoms with Crippen LogP contribution in [0.3, 0.4) is 0 Å². The summed E-state index contributed by atoms with van der Waals surface area (Å²) in [6.45, 7) is 0.700. The second-order valence-corrected chi connectivity index (χ2v) is 6.16. The van der Waals surface area contributed by atoms with Crippen LogP contribution in [0.2, 0.25) is 0 Å². The lowest BCUT2D eigenvalue weighted by atomic mass is 10.0. The van der Waals surface area contributed by atoms with Crippen LogP contribution >= 0.6 is 15.9 Å². The van der Waals surface area contributed by atoms with Crippen molar-refractivity contribution in [1.29, 1.82) is 0 Å². The summed E-state index contributed by atoms with van der Waals surface area (Å²) in [7, 11) is 0. The highest BCUT2D eigenvalue weighted by molar-refractivity contribution is 9.10. The smallest absolute Gasteiger partial charge is 0.255 e. The molecular weight excluding hydrogens is 320 g/mol. The normalized spacial score (nSPS) is 15.3. The van der Waals surface area contributed by atoms with Crippen molar-refractivity contribution in [1.82, 2.24) is 10.3 Å². The minimum Gasteiger partial charge on any atom is -0.352 e. The molecule has 2 rings (SSSR count). The number of rotatable bonds is 6. The quantitative estimate of drug-likeness (QED) is 0.422. The Bertz CT molecular complexity index is 460. The molecule has 0 unspecified atom stereocenters. The van der Waals surface area contributed by atoms with Crippen LogP contribution in [-0.4, -0.2) is 17.4 Å². The van der Waals surface area contributed by atoms with Crippen LogP contribution in [0.5, 0.6) is 0 Å². The average Bonchev–Trinajstić information content (AvgIpc) is 2.96. The van der Waals surface area contributed by atoms with Crippen LogP contribution in [0.4, 0.5) is 5.82 Å². The Balaban J connectivity index is 1.80. The SMILES string of the molecule is NNc1ncc(Br)cc1C(=O)NCCCC1CCCC1. The van der Waals surface area contributed by atoms with Crippen LogP contribution in [0.15, 0.2) is 16.7 Å². The molecule has 4 N–H and O–H groups in total. The van der Waals surface area contributed by atoms with Gasteiger partial charge >= 0.3 is 0 Å². The van der Waals surface area contributed by atoms with E-state index in [1.165, 1.54) is 32.1 Å². The molecule has 1 heterocycles. The molecule has 20 heavy (non-hydrogen) atoms. The Morgan fingerprint density at radius 3 is 2.90 bits per heavy atom. The van der Waals surface area contributed by atoms with Crippen LogP contribution in [0.25, 0.3) is 0 Å². The zero-order valence-electron chi connectivity index (χ0n) is 11.5. The molecule has 1 fully saturated rings. The van der Waals surface area contributed by atoms with E-state index in [2.05, 4.69) is 31.7 Å². The Morgan fingerprint density at radius 2 is 2.20 bits per heavy atom. The number of pyridine rings is 1. The molecule has 5 nitrogen and oxygen atoms in total. The molecule has 0 saturated heterocycles. The van der Waals surface area contributed by atoms with Gasteiger partial charge in [0.05, 0.1) is 5.56 Å². The first kappa shape index (κ1) is 15.3. The van der Waals surface area contributed by atoms with Gasteiger partial charge in [-0.05, 0) is 40.8 Å². The number of hydrazine groups is 1. The minimum atomic E-state index is -0.141. The molecule has 110 valence electrons. The Hall–Kier alpha value is -1.14. The minimum absolute atomic E-state index is 0.141. The van der Waals surface area contributed by atoms with Gasteiger partial charge < -0.3 is 10.7 Å². The molecule has 1 aromatic rings. The average molecular weight is 341 g/mol. The van der Waals surface area contributed by atoms with Crippen molar-refractivity contribution in [3.8, 4) is 0 Å². The van der Waals surface area contributed by atoms with E-state index in [0.717, 1.165) is 16.8 Å². The summed E-state index contributed by atoms with van der Waals surface area (Å²) in [6, 6.07) is 1.72. The summed E-state index contributed by atoms with van der Waals surface area (Å²) in [5, 5.41) is 2.93. The summed E-state index contributed by atoms with van der Waals surface area (Å²) < 4.78 is 0.757. The van der Waals surface area contributed by atoms with Gasteiger partial charge in [-0.3, -0.25) is 4.79 Å². The Morgan fingerprint density at radius 1 is 1.45 bits per heavy atom. The number of anilines is 1. The Labute approximate surface area is 127 Å². The van der Waals surface area contributed by atoms with E-state index in [1.54, 1.807) is 12.3 Å². The van der Waals surface area contributed by atoms with Crippen molar-refractivity contribution in [2.75, 3.05) is 12.0 Å². The predicted octanol–water partition coefficient (Wildman–Crippen LogP) is 2.83. The van der Waals surface area contributed by atoms with Gasteiger partial charge in [0.2, 0.25) is 0 Å². The first-order chi connectivity index (χ1) is 9.70. The number of amides is 1. The van der Waals surface area contributed by atoms with E-state index < -0.39 is 0 Å². The number of nitrogens with one attached hydrogen (secondary N) is 2. The van der Waals surface area contributed by atoms with Crippen molar-refractivity contribution >= 4 is 27.7 Å². The summed E-state index contributed by atoms with van der Waals surface area (Å²) in [4.78, 5) is 16.2. The van der Waals surface area contributed by atoms with Crippen molar-refractivity contribution < 1.29 is 4.79 Å². The number of carbonyl (C=O) groups excluding carboxylic acids is 1. The van der Waals surface area contributed by atoms with Gasteiger partial charge in [-0.15, -0.1) is 0 Å². The Kier molecular flexibility index (Phi) is 5.79. The molecule has 0 atom stereocenters. The predicted molar refractivity (Wildman–Crippen MR) is 83.3 cm³/mol. The number of hydrogen-bond acceptors (Lipinski definition) is 4. The van der Waals surface area contributed by atoms with Crippen molar-refractivity contribution in [3.05, 3.63) is 22.3 Å². The van der Waals surface area contributed by atoms with Gasteiger partial charge in [-0.2, -0.15) is 0 Å². The first-order valence-corrected chi connectivity index (χ1v) is 7.90. The van der Waals surface area contributed by atoms with Crippen LogP contribution in [-0.2, 0) is 0 Å². The molecule has 6 heteroatoms. The summed E-state index contributed by atoms with van der Waals surface area (Å²) in [5.74, 6) is 6.48. The lowest BCUT2D eigenvalue weighted by Crippen LogP contribution is -2.27. The van der Waals surface area contributed by atoms with Gasteiger partial charge in [0.25, 0.3) is 5.91 Å². The van der Waals surface area contributed by atoms with Gasteiger partial charge in [0.1, 0.15) is 0 Å². The van der Waals surface area contributed by atoms with E-state index in [9.17, 15) is 4.79 Å². The van der Waals surface area contributed by atoms with Crippen LogP contribution in [0.1, 0.15) is 48.9 Å². The molecule has 1 amide bonds. The molecular formula is C14H21BrN4O. The second kappa shape index (κ2) is 7.59. The number of halogens is 1. The van der Waals surface area contributed by atoms with E-state index in [4.69, 9.17) is 5.84 Å². The molecule has 0 spiro atoms. The zero-order valence-corrected chi connectivity index (χ0v) is 13.1. The highest BCUT2D eigenvalue weighted by atomic mass is 79.9. The number of hydrogen-bond donors (Lipinski definition) is 3. The number of nitrogens with zero attached hydrogens (tertiary/aromatic N) is 1. The van der Waals surface area contributed by atoms with E-state index in [0.29, 0.717) is 17.9 Å². The van der Waals surface area contributed by atoms with Gasteiger partial charge in [0.15, 0.2) is 5.82 Å². The third-order valence-electron chi connectivity index (χ3n) is 3.79. The summed E-state index contributed by atoms with van der Waals surface area (Å²) in [5.41, 5.74) is 2.91. The summed E-state index contributed by atoms with van der Waals surface area (Å²) >= 11 is 3.31. The van der Waals surface area contributed by atoms with Crippen molar-refractivity contribution in [2.24, 2.45) is 11.8 Å². The molecule has 0 bridgehead atoms. The third kappa shape index (κ3) is 4.18. The number of aromatic nitrogens is 1. The fraction of sp³-hybridized carbons (Fsp3) is 0.571. The van der Waals surface area contributed by atoms with E-state index in [1.807, 2.05) is 0 Å². The monoisotopic (exact) mass is 340 g/mol. The van der Waals surface area contributed by atoms with Crippen molar-refractivity contribution in [3.63, 3.8) is 0 Å². The highest BCUT2D eigenvalue weighted by Crippen LogP contribution is 2.28. The molecule has 1 aromatic heterocycles. The second-order valence-electron chi connectivity index (χ2n) is 5.24. The largest absolute Gasteiger partial charge is 0.352 e. The zero-order chi connectivity index (χ0) is 14.4. The molecule has 1 saturated carbocycles. The van der Waals surface area contributed by atoms with Crippen molar-refractivity contribution in [2.45, 2.75) is 38.5 Å². The first-order valence-electron chi connectivity index (χ1n) is 7.11. The molecule has 1 aliphatic carbocycles.